The molecule has 1 atom stereocenters. The van der Waals surface area contributed by atoms with Gasteiger partial charge < -0.3 is 15.4 Å². The second-order valence-electron chi connectivity index (χ2n) is 4.03. The van der Waals surface area contributed by atoms with Gasteiger partial charge in [-0.15, -0.1) is 0 Å². The smallest absolute Gasteiger partial charge is 0.383 e. The molecule has 1 unspecified atom stereocenters. The van der Waals surface area contributed by atoms with Gasteiger partial charge in [0.15, 0.2) is 5.11 Å². The van der Waals surface area contributed by atoms with E-state index in [0.717, 1.165) is 12.1 Å². The Morgan fingerprint density at radius 3 is 2.68 bits per heavy atom. The molecule has 0 saturated heterocycles. The second-order valence-corrected chi connectivity index (χ2v) is 4.44. The van der Waals surface area contributed by atoms with Gasteiger partial charge in [0.2, 0.25) is 0 Å². The van der Waals surface area contributed by atoms with Crippen LogP contribution in [0.3, 0.4) is 0 Å². The van der Waals surface area contributed by atoms with Crippen LogP contribution in [0.5, 0.6) is 0 Å². The molecular weight excluding hydrogens is 277 g/mol. The summed E-state index contributed by atoms with van der Waals surface area (Å²) in [5.74, 6) is 0. The van der Waals surface area contributed by atoms with Crippen LogP contribution < -0.4 is 10.6 Å². The van der Waals surface area contributed by atoms with E-state index in [1.807, 2.05) is 6.92 Å². The average Bonchev–Trinajstić information content (AvgIpc) is 2.28. The molecule has 1 aromatic rings. The van der Waals surface area contributed by atoms with Gasteiger partial charge in [-0.3, -0.25) is 0 Å². The van der Waals surface area contributed by atoms with E-state index < -0.39 is 11.7 Å². The quantitative estimate of drug-likeness (QED) is 0.836. The van der Waals surface area contributed by atoms with Crippen molar-refractivity contribution in [2.75, 3.05) is 19.0 Å². The van der Waals surface area contributed by atoms with Gasteiger partial charge >= 0.3 is 6.18 Å². The number of alkyl halides is 3. The Morgan fingerprint density at radius 2 is 2.11 bits per heavy atom. The SMILES string of the molecule is COCC(C)NC(=S)Nc1cccc(C(F)(F)F)c1. The Balaban J connectivity index is 2.65. The van der Waals surface area contributed by atoms with E-state index in [1.54, 1.807) is 7.11 Å². The fourth-order valence-electron chi connectivity index (χ4n) is 1.46. The van der Waals surface area contributed by atoms with E-state index in [2.05, 4.69) is 10.6 Å². The molecule has 0 aromatic heterocycles. The van der Waals surface area contributed by atoms with Crippen molar-refractivity contribution in [3.63, 3.8) is 0 Å². The number of rotatable bonds is 4. The normalized spacial score (nSPS) is 12.9. The van der Waals surface area contributed by atoms with Crippen molar-refractivity contribution in [1.82, 2.24) is 5.32 Å². The number of anilines is 1. The molecule has 0 radical (unpaired) electrons. The van der Waals surface area contributed by atoms with Crippen molar-refractivity contribution in [3.05, 3.63) is 29.8 Å². The summed E-state index contributed by atoms with van der Waals surface area (Å²) in [5, 5.41) is 5.86. The Labute approximate surface area is 115 Å². The summed E-state index contributed by atoms with van der Waals surface area (Å²) in [5.41, 5.74) is -0.429. The van der Waals surface area contributed by atoms with Crippen LogP contribution in [0.15, 0.2) is 24.3 Å². The minimum absolute atomic E-state index is 0.0317. The number of nitrogens with one attached hydrogen (secondary N) is 2. The van der Waals surface area contributed by atoms with Crippen LogP contribution in [0.1, 0.15) is 12.5 Å². The molecule has 0 saturated carbocycles. The molecule has 1 aromatic carbocycles. The van der Waals surface area contributed by atoms with Gasteiger partial charge in [0, 0.05) is 18.8 Å². The zero-order valence-electron chi connectivity index (χ0n) is 10.5. The van der Waals surface area contributed by atoms with Crippen LogP contribution in [0, 0.1) is 0 Å². The Hall–Kier alpha value is -1.34. The zero-order chi connectivity index (χ0) is 14.5. The summed E-state index contributed by atoms with van der Waals surface area (Å²) in [4.78, 5) is 0. The number of ether oxygens (including phenoxy) is 1. The van der Waals surface area contributed by atoms with Gasteiger partial charge in [-0.05, 0) is 37.3 Å². The molecule has 0 amide bonds. The highest BCUT2D eigenvalue weighted by atomic mass is 32.1. The van der Waals surface area contributed by atoms with Gasteiger partial charge in [0.25, 0.3) is 0 Å². The van der Waals surface area contributed by atoms with E-state index in [1.165, 1.54) is 12.1 Å². The molecule has 0 aliphatic heterocycles. The number of halogens is 3. The lowest BCUT2D eigenvalue weighted by molar-refractivity contribution is -0.137. The first-order valence-electron chi connectivity index (χ1n) is 5.56. The Kier molecular flexibility index (Phi) is 5.56. The molecule has 0 bridgehead atoms. The molecule has 0 aliphatic carbocycles. The first-order chi connectivity index (χ1) is 8.82. The predicted molar refractivity (Wildman–Crippen MR) is 72.1 cm³/mol. The van der Waals surface area contributed by atoms with E-state index in [9.17, 15) is 13.2 Å². The van der Waals surface area contributed by atoms with Gasteiger partial charge in [0.1, 0.15) is 0 Å². The van der Waals surface area contributed by atoms with E-state index in [-0.39, 0.29) is 16.8 Å². The maximum atomic E-state index is 12.5. The molecular formula is C12H15F3N2OS. The van der Waals surface area contributed by atoms with Crippen LogP contribution >= 0.6 is 12.2 Å². The molecule has 106 valence electrons. The molecule has 3 nitrogen and oxygen atoms in total. The lowest BCUT2D eigenvalue weighted by Crippen LogP contribution is -2.38. The third-order valence-corrected chi connectivity index (χ3v) is 2.46. The van der Waals surface area contributed by atoms with E-state index >= 15 is 0 Å². The van der Waals surface area contributed by atoms with Crippen LogP contribution in [0.2, 0.25) is 0 Å². The van der Waals surface area contributed by atoms with Crippen molar-refractivity contribution in [2.24, 2.45) is 0 Å². The summed E-state index contributed by atoms with van der Waals surface area (Å²) < 4.78 is 42.5. The van der Waals surface area contributed by atoms with Gasteiger partial charge in [-0.25, -0.2) is 0 Å². The molecule has 0 spiro atoms. The van der Waals surface area contributed by atoms with Crippen LogP contribution in [0.4, 0.5) is 18.9 Å². The third-order valence-electron chi connectivity index (χ3n) is 2.24. The lowest BCUT2D eigenvalue weighted by atomic mass is 10.2. The van der Waals surface area contributed by atoms with Crippen molar-refractivity contribution in [3.8, 4) is 0 Å². The maximum absolute atomic E-state index is 12.5. The number of hydrogen-bond acceptors (Lipinski definition) is 2. The standard InChI is InChI=1S/C12H15F3N2OS/c1-8(7-18-2)16-11(19)17-10-5-3-4-9(6-10)12(13,14)15/h3-6,8H,7H2,1-2H3,(H2,16,17,19). The van der Waals surface area contributed by atoms with Crippen molar-refractivity contribution in [2.45, 2.75) is 19.1 Å². The topological polar surface area (TPSA) is 33.3 Å². The first-order valence-corrected chi connectivity index (χ1v) is 5.97. The van der Waals surface area contributed by atoms with E-state index in [0.29, 0.717) is 6.61 Å². The van der Waals surface area contributed by atoms with Gasteiger partial charge in [0.05, 0.1) is 12.2 Å². The van der Waals surface area contributed by atoms with Crippen LogP contribution in [0.25, 0.3) is 0 Å². The minimum Gasteiger partial charge on any atom is -0.383 e. The number of methoxy groups -OCH3 is 1. The monoisotopic (exact) mass is 292 g/mol. The number of benzene rings is 1. The summed E-state index contributed by atoms with van der Waals surface area (Å²) in [7, 11) is 1.56. The number of thiocarbonyl (C=S) groups is 1. The summed E-state index contributed by atoms with van der Waals surface area (Å²) in [6, 6.07) is 4.83. The summed E-state index contributed by atoms with van der Waals surface area (Å²) >= 11 is 5.00. The number of hydrogen-bond donors (Lipinski definition) is 2. The fraction of sp³-hybridized carbons (Fsp3) is 0.417. The Morgan fingerprint density at radius 1 is 1.42 bits per heavy atom. The average molecular weight is 292 g/mol. The summed E-state index contributed by atoms with van der Waals surface area (Å²) in [6.45, 7) is 2.30. The molecule has 19 heavy (non-hydrogen) atoms. The highest BCUT2D eigenvalue weighted by Crippen LogP contribution is 2.30. The molecule has 0 heterocycles. The van der Waals surface area contributed by atoms with Gasteiger partial charge in [-0.2, -0.15) is 13.2 Å². The minimum atomic E-state index is -4.37. The molecule has 0 aliphatic rings. The zero-order valence-corrected chi connectivity index (χ0v) is 11.4. The third kappa shape index (κ3) is 5.44. The van der Waals surface area contributed by atoms with Gasteiger partial charge in [-0.1, -0.05) is 6.07 Å². The van der Waals surface area contributed by atoms with Crippen LogP contribution in [-0.2, 0) is 10.9 Å². The van der Waals surface area contributed by atoms with Crippen LogP contribution in [-0.4, -0.2) is 24.9 Å². The maximum Gasteiger partial charge on any atom is 0.416 e. The first kappa shape index (κ1) is 15.7. The molecule has 0 fully saturated rings. The predicted octanol–water partition coefficient (Wildman–Crippen LogP) is 3.03. The molecule has 1 rings (SSSR count). The fourth-order valence-corrected chi connectivity index (χ4v) is 1.77. The largest absolute Gasteiger partial charge is 0.416 e. The second kappa shape index (κ2) is 6.72. The molecule has 7 heteroatoms. The van der Waals surface area contributed by atoms with Crippen molar-refractivity contribution >= 4 is 23.0 Å². The molecule has 2 N–H and O–H groups in total. The van der Waals surface area contributed by atoms with Crippen molar-refractivity contribution in [1.29, 1.82) is 0 Å². The highest BCUT2D eigenvalue weighted by molar-refractivity contribution is 7.80. The Bertz CT molecular complexity index is 437. The van der Waals surface area contributed by atoms with Crippen molar-refractivity contribution < 1.29 is 17.9 Å². The highest BCUT2D eigenvalue weighted by Gasteiger charge is 2.30. The van der Waals surface area contributed by atoms with E-state index in [4.69, 9.17) is 17.0 Å². The summed E-state index contributed by atoms with van der Waals surface area (Å²) in [6.07, 6.45) is -4.37. The lowest BCUT2D eigenvalue weighted by Gasteiger charge is -2.16.